The van der Waals surface area contributed by atoms with Crippen LogP contribution in [0.2, 0.25) is 10.4 Å². The molecule has 0 aromatic rings. The summed E-state index contributed by atoms with van der Waals surface area (Å²) in [5, 5.41) is -3.84. The van der Waals surface area contributed by atoms with Crippen molar-refractivity contribution in [2.45, 2.75) is 88.7 Å². The quantitative estimate of drug-likeness (QED) is 0.368. The summed E-state index contributed by atoms with van der Waals surface area (Å²) in [7, 11) is 24.7. The third-order valence-electron chi connectivity index (χ3n) is 9.61. The molecule has 0 saturated heterocycles. The minimum absolute atomic E-state index is 0.0274. The van der Waals surface area contributed by atoms with Crippen LogP contribution in [0.25, 0.3) is 0 Å². The molecule has 0 heterocycles. The van der Waals surface area contributed by atoms with Crippen molar-refractivity contribution in [2.75, 3.05) is 0 Å². The van der Waals surface area contributed by atoms with Gasteiger partial charge in [0.15, 0.2) is 0 Å². The molecule has 4 aliphatic carbocycles. The summed E-state index contributed by atoms with van der Waals surface area (Å²) in [6, 6.07) is 0. The lowest BCUT2D eigenvalue weighted by atomic mass is 9.25. The summed E-state index contributed by atoms with van der Waals surface area (Å²) >= 11 is 0. The van der Waals surface area contributed by atoms with Crippen LogP contribution in [0.4, 0.5) is 13.2 Å². The first-order valence-electron chi connectivity index (χ1n) is 12.2. The Bertz CT molecular complexity index is 662. The Labute approximate surface area is 193 Å². The maximum absolute atomic E-state index is 13.8. The van der Waals surface area contributed by atoms with Crippen molar-refractivity contribution in [3.05, 3.63) is 12.7 Å². The van der Waals surface area contributed by atoms with Gasteiger partial charge in [-0.05, 0) is 79.4 Å². The van der Waals surface area contributed by atoms with Gasteiger partial charge in [-0.2, -0.15) is 13.2 Å². The number of alkyl halides is 3. The van der Waals surface area contributed by atoms with Gasteiger partial charge >= 0.3 is 6.18 Å². The lowest BCUT2D eigenvalue weighted by Gasteiger charge is -2.65. The van der Waals surface area contributed by atoms with Crippen LogP contribution in [0.5, 0.6) is 0 Å². The van der Waals surface area contributed by atoms with E-state index < -0.39 is 22.5 Å². The Balaban J connectivity index is 0.00000132. The topological polar surface area (TPSA) is 0 Å². The van der Waals surface area contributed by atoms with Gasteiger partial charge in [-0.15, -0.1) is 6.58 Å². The van der Waals surface area contributed by atoms with Crippen LogP contribution in [-0.4, -0.2) is 37.6 Å². The molecule has 0 nitrogen and oxygen atoms in total. The molecule has 4 saturated carbocycles. The maximum atomic E-state index is 13.8. The molecule has 0 aromatic heterocycles. The van der Waals surface area contributed by atoms with Crippen molar-refractivity contribution in [3.8, 4) is 0 Å². The van der Waals surface area contributed by atoms with E-state index in [2.05, 4.69) is 13.5 Å². The predicted molar refractivity (Wildman–Crippen MR) is 125 cm³/mol. The zero-order valence-electron chi connectivity index (χ0n) is 19.4. The van der Waals surface area contributed by atoms with E-state index in [1.165, 1.54) is 12.8 Å². The molecule has 4 fully saturated rings. The SMILES string of the molecule is CC.[B]C1([B])C[C@@H]2C3CC[C@]4(C)C(CC=C)CCC4[C@@H]3CC[C@@H]2C([B])([B])[C@H]1C(F)(F)F. The van der Waals surface area contributed by atoms with Crippen LogP contribution in [0.1, 0.15) is 72.1 Å². The van der Waals surface area contributed by atoms with Crippen molar-refractivity contribution in [3.63, 3.8) is 0 Å². The largest absolute Gasteiger partial charge is 0.390 e. The number of hydrogen-bond acceptors (Lipinski definition) is 0. The molecule has 0 aliphatic heterocycles. The maximum Gasteiger partial charge on any atom is 0.390 e. The zero-order valence-corrected chi connectivity index (χ0v) is 19.4. The first-order chi connectivity index (χ1) is 14.3. The number of allylic oxidation sites excluding steroid dienone is 1. The third-order valence-corrected chi connectivity index (χ3v) is 9.61. The highest BCUT2D eigenvalue weighted by Crippen LogP contribution is 2.71. The van der Waals surface area contributed by atoms with Crippen LogP contribution >= 0.6 is 0 Å². The molecule has 4 rings (SSSR count). The molecule has 0 amide bonds. The lowest BCUT2D eigenvalue weighted by Crippen LogP contribution is -2.59. The second kappa shape index (κ2) is 8.53. The van der Waals surface area contributed by atoms with Crippen LogP contribution in [-0.2, 0) is 0 Å². The first-order valence-corrected chi connectivity index (χ1v) is 12.2. The van der Waals surface area contributed by atoms with Crippen LogP contribution in [0.15, 0.2) is 12.7 Å². The predicted octanol–water partition coefficient (Wildman–Crippen LogP) is 6.16. The summed E-state index contributed by atoms with van der Waals surface area (Å²) < 4.78 is 41.5. The minimum Gasteiger partial charge on any atom is -0.171 e. The van der Waals surface area contributed by atoms with Gasteiger partial charge in [-0.25, -0.2) is 0 Å². The van der Waals surface area contributed by atoms with E-state index in [1.54, 1.807) is 0 Å². The van der Waals surface area contributed by atoms with Crippen LogP contribution in [0, 0.1) is 46.8 Å². The molecule has 164 valence electrons. The molecular formula is C24H35B4F3. The van der Waals surface area contributed by atoms with E-state index in [0.717, 1.165) is 25.7 Å². The highest BCUT2D eigenvalue weighted by Gasteiger charge is 2.65. The van der Waals surface area contributed by atoms with Gasteiger partial charge in [-0.3, -0.25) is 0 Å². The van der Waals surface area contributed by atoms with E-state index >= 15 is 0 Å². The Morgan fingerprint density at radius 3 is 2.10 bits per heavy atom. The van der Waals surface area contributed by atoms with Crippen molar-refractivity contribution in [1.82, 2.24) is 0 Å². The van der Waals surface area contributed by atoms with E-state index in [0.29, 0.717) is 35.5 Å². The van der Waals surface area contributed by atoms with E-state index in [4.69, 9.17) is 31.4 Å². The average Bonchev–Trinajstić information content (AvgIpc) is 2.97. The molecule has 7 heteroatoms. The minimum atomic E-state index is -4.61. The average molecular weight is 424 g/mol. The number of halogens is 3. The smallest absolute Gasteiger partial charge is 0.171 e. The Morgan fingerprint density at radius 2 is 1.52 bits per heavy atom. The molecule has 0 aromatic carbocycles. The number of fused-ring (bicyclic) bond motifs is 5. The van der Waals surface area contributed by atoms with Crippen LogP contribution < -0.4 is 0 Å². The summed E-state index contributed by atoms with van der Waals surface area (Å²) in [6.07, 6.45) is 4.71. The number of rotatable bonds is 2. The molecule has 4 aliphatic rings. The van der Waals surface area contributed by atoms with Gasteiger partial charge in [0.1, 0.15) is 0 Å². The van der Waals surface area contributed by atoms with Gasteiger partial charge in [-0.1, -0.05) is 50.1 Å². The van der Waals surface area contributed by atoms with Gasteiger partial charge in [0.25, 0.3) is 0 Å². The van der Waals surface area contributed by atoms with Crippen LogP contribution in [0.3, 0.4) is 0 Å². The third kappa shape index (κ3) is 4.01. The molecule has 0 spiro atoms. The van der Waals surface area contributed by atoms with Crippen molar-refractivity contribution >= 4 is 31.4 Å². The van der Waals surface area contributed by atoms with E-state index in [-0.39, 0.29) is 18.3 Å². The standard InChI is InChI=1S/C22H29B4F3.C2H6/c1-3-4-12-5-7-16-14-6-8-17-15(13(14)9-10-19(12,16)2)11-20(23,24)18(21(17,25)26)22(27,28)29;1-2/h3,12-18H,1,4-11H2,2H3;1-2H3/t12?,13?,14-,15-,16?,17+,18+,19-;/m1./s1. The summed E-state index contributed by atoms with van der Waals surface area (Å²) in [6.45, 7) is 10.4. The van der Waals surface area contributed by atoms with E-state index in [1.807, 2.05) is 19.9 Å². The monoisotopic (exact) mass is 424 g/mol. The fraction of sp³-hybridized carbons (Fsp3) is 0.917. The highest BCUT2D eigenvalue weighted by atomic mass is 19.4. The number of hydrogen-bond donors (Lipinski definition) is 0. The van der Waals surface area contributed by atoms with Crippen molar-refractivity contribution < 1.29 is 13.2 Å². The van der Waals surface area contributed by atoms with Gasteiger partial charge < -0.3 is 0 Å². The molecule has 3 unspecified atom stereocenters. The van der Waals surface area contributed by atoms with Gasteiger partial charge in [0, 0.05) is 5.92 Å². The Morgan fingerprint density at radius 1 is 0.903 bits per heavy atom. The van der Waals surface area contributed by atoms with Gasteiger partial charge in [0.05, 0.1) is 31.4 Å². The zero-order chi connectivity index (χ0) is 23.4. The van der Waals surface area contributed by atoms with Crippen molar-refractivity contribution in [1.29, 1.82) is 0 Å². The second-order valence-electron chi connectivity index (χ2n) is 10.9. The molecule has 0 N–H and O–H groups in total. The molecule has 8 radical (unpaired) electrons. The fourth-order valence-electron chi connectivity index (χ4n) is 8.55. The summed E-state index contributed by atoms with van der Waals surface area (Å²) in [4.78, 5) is 0. The Hall–Kier alpha value is -0.210. The fourth-order valence-corrected chi connectivity index (χ4v) is 8.55. The lowest BCUT2D eigenvalue weighted by molar-refractivity contribution is -0.205. The summed E-state index contributed by atoms with van der Waals surface area (Å²) in [5.74, 6) is -0.387. The first kappa shape index (κ1) is 25.4. The molecule has 31 heavy (non-hydrogen) atoms. The normalized spacial score (nSPS) is 45.3. The summed E-state index contributed by atoms with van der Waals surface area (Å²) in [5.41, 5.74) is 0.302. The second-order valence-corrected chi connectivity index (χ2v) is 10.9. The van der Waals surface area contributed by atoms with E-state index in [9.17, 15) is 13.2 Å². The Kier molecular flexibility index (Phi) is 7.00. The molecule has 8 atom stereocenters. The van der Waals surface area contributed by atoms with Crippen molar-refractivity contribution in [2.24, 2.45) is 46.8 Å². The van der Waals surface area contributed by atoms with Gasteiger partial charge in [0.2, 0.25) is 0 Å². The highest BCUT2D eigenvalue weighted by molar-refractivity contribution is 6.45. The molecule has 0 bridgehead atoms. The molecular weight excluding hydrogens is 389 g/mol.